The van der Waals surface area contributed by atoms with Crippen molar-refractivity contribution < 1.29 is 9.90 Å². The maximum absolute atomic E-state index is 10.9. The number of carbonyl (C=O) groups is 1. The van der Waals surface area contributed by atoms with E-state index in [0.29, 0.717) is 11.3 Å². The molecule has 0 saturated carbocycles. The average molecular weight is 290 g/mol. The van der Waals surface area contributed by atoms with Gasteiger partial charge in [0.1, 0.15) is 0 Å². The summed E-state index contributed by atoms with van der Waals surface area (Å²) in [6.45, 7) is 0.767. The fourth-order valence-corrected chi connectivity index (χ4v) is 1.80. The highest BCUT2D eigenvalue weighted by molar-refractivity contribution is 9.10. The van der Waals surface area contributed by atoms with Gasteiger partial charge in [-0.15, -0.1) is 0 Å². The summed E-state index contributed by atoms with van der Waals surface area (Å²) >= 11 is 4.97. The number of nitrogens with one attached hydrogen (secondary N) is 1. The molecule has 1 rings (SSSR count). The van der Waals surface area contributed by atoms with E-state index in [9.17, 15) is 4.79 Å². The summed E-state index contributed by atoms with van der Waals surface area (Å²) in [4.78, 5) is 10.9. The first-order valence-electron chi connectivity index (χ1n) is 4.41. The Labute approximate surface area is 101 Å². The Kier molecular flexibility index (Phi) is 4.98. The summed E-state index contributed by atoms with van der Waals surface area (Å²) in [5.74, 6) is 0.0396. The second-order valence-corrected chi connectivity index (χ2v) is 4.82. The van der Waals surface area contributed by atoms with Crippen molar-refractivity contribution in [2.24, 2.45) is 0 Å². The second kappa shape index (κ2) is 6.02. The lowest BCUT2D eigenvalue weighted by atomic mass is 10.2. The zero-order valence-corrected chi connectivity index (χ0v) is 10.7. The average Bonchev–Trinajstić information content (AvgIpc) is 2.20. The SMILES string of the molecule is CSCCNc1ccc(Br)cc1C(=O)O. The normalized spacial score (nSPS) is 10.0. The molecule has 2 N–H and O–H groups in total. The molecule has 5 heteroatoms. The number of hydrogen-bond donors (Lipinski definition) is 2. The van der Waals surface area contributed by atoms with Crippen LogP contribution in [0.4, 0.5) is 5.69 Å². The number of anilines is 1. The molecule has 3 nitrogen and oxygen atoms in total. The van der Waals surface area contributed by atoms with Gasteiger partial charge in [0.05, 0.1) is 5.56 Å². The molecule has 0 aliphatic carbocycles. The Balaban J connectivity index is 2.81. The number of halogens is 1. The van der Waals surface area contributed by atoms with E-state index in [-0.39, 0.29) is 0 Å². The predicted octanol–water partition coefficient (Wildman–Crippen LogP) is 2.92. The van der Waals surface area contributed by atoms with Crippen molar-refractivity contribution in [3.05, 3.63) is 28.2 Å². The summed E-state index contributed by atoms with van der Waals surface area (Å²) in [5, 5.41) is 12.1. The molecular formula is C10H12BrNO2S. The van der Waals surface area contributed by atoms with Crippen LogP contribution in [0.3, 0.4) is 0 Å². The molecule has 0 amide bonds. The number of thioether (sulfide) groups is 1. The number of benzene rings is 1. The van der Waals surface area contributed by atoms with E-state index < -0.39 is 5.97 Å². The molecule has 0 radical (unpaired) electrons. The number of hydrogen-bond acceptors (Lipinski definition) is 3. The minimum Gasteiger partial charge on any atom is -0.478 e. The Morgan fingerprint density at radius 1 is 1.60 bits per heavy atom. The first-order chi connectivity index (χ1) is 7.15. The van der Waals surface area contributed by atoms with Crippen LogP contribution in [0.2, 0.25) is 0 Å². The molecule has 1 aromatic carbocycles. The lowest BCUT2D eigenvalue weighted by molar-refractivity contribution is 0.0698. The van der Waals surface area contributed by atoms with Gasteiger partial charge < -0.3 is 10.4 Å². The van der Waals surface area contributed by atoms with Crippen LogP contribution in [0.25, 0.3) is 0 Å². The quantitative estimate of drug-likeness (QED) is 0.819. The molecule has 0 spiro atoms. The standard InChI is InChI=1S/C10H12BrNO2S/c1-15-5-4-12-9-3-2-7(11)6-8(9)10(13)14/h2-3,6,12H,4-5H2,1H3,(H,13,14). The predicted molar refractivity (Wildman–Crippen MR) is 68.0 cm³/mol. The van der Waals surface area contributed by atoms with Crippen molar-refractivity contribution >= 4 is 39.3 Å². The van der Waals surface area contributed by atoms with Crippen molar-refractivity contribution in [2.75, 3.05) is 23.9 Å². The molecule has 0 heterocycles. The zero-order chi connectivity index (χ0) is 11.3. The van der Waals surface area contributed by atoms with E-state index in [0.717, 1.165) is 16.8 Å². The Morgan fingerprint density at radius 3 is 2.93 bits per heavy atom. The summed E-state index contributed by atoms with van der Waals surface area (Å²) in [6, 6.07) is 5.20. The molecule has 82 valence electrons. The number of carboxylic acid groups (broad SMARTS) is 1. The van der Waals surface area contributed by atoms with Crippen LogP contribution in [0.15, 0.2) is 22.7 Å². The van der Waals surface area contributed by atoms with Gasteiger partial charge in [0.25, 0.3) is 0 Å². The third-order valence-corrected chi connectivity index (χ3v) is 2.94. The van der Waals surface area contributed by atoms with Crippen LogP contribution in [-0.4, -0.2) is 29.6 Å². The van der Waals surface area contributed by atoms with E-state index in [2.05, 4.69) is 21.2 Å². The fraction of sp³-hybridized carbons (Fsp3) is 0.300. The van der Waals surface area contributed by atoms with Gasteiger partial charge in [0.15, 0.2) is 0 Å². The third-order valence-electron chi connectivity index (χ3n) is 1.83. The van der Waals surface area contributed by atoms with Crippen LogP contribution in [-0.2, 0) is 0 Å². The first kappa shape index (κ1) is 12.4. The molecule has 0 aliphatic rings. The van der Waals surface area contributed by atoms with E-state index >= 15 is 0 Å². The highest BCUT2D eigenvalue weighted by Gasteiger charge is 2.09. The molecule has 0 saturated heterocycles. The van der Waals surface area contributed by atoms with Gasteiger partial charge in [-0.3, -0.25) is 0 Å². The zero-order valence-electron chi connectivity index (χ0n) is 8.29. The van der Waals surface area contributed by atoms with Gasteiger partial charge in [0.2, 0.25) is 0 Å². The topological polar surface area (TPSA) is 49.3 Å². The number of carboxylic acids is 1. The van der Waals surface area contributed by atoms with E-state index in [4.69, 9.17) is 5.11 Å². The van der Waals surface area contributed by atoms with E-state index in [1.165, 1.54) is 0 Å². The maximum Gasteiger partial charge on any atom is 0.337 e. The highest BCUT2D eigenvalue weighted by atomic mass is 79.9. The highest BCUT2D eigenvalue weighted by Crippen LogP contribution is 2.21. The Hall–Kier alpha value is -0.680. The van der Waals surface area contributed by atoms with Gasteiger partial charge in [0, 0.05) is 22.5 Å². The second-order valence-electron chi connectivity index (χ2n) is 2.91. The maximum atomic E-state index is 10.9. The molecule has 0 unspecified atom stereocenters. The minimum absolute atomic E-state index is 0.297. The summed E-state index contributed by atoms with van der Waals surface area (Å²) in [5.41, 5.74) is 0.963. The van der Waals surface area contributed by atoms with Crippen molar-refractivity contribution in [1.82, 2.24) is 0 Å². The van der Waals surface area contributed by atoms with Crippen LogP contribution in [0.1, 0.15) is 10.4 Å². The summed E-state index contributed by atoms with van der Waals surface area (Å²) in [7, 11) is 0. The van der Waals surface area contributed by atoms with Crippen molar-refractivity contribution in [3.63, 3.8) is 0 Å². The molecule has 15 heavy (non-hydrogen) atoms. The molecule has 0 aromatic heterocycles. The van der Waals surface area contributed by atoms with Crippen molar-refractivity contribution in [3.8, 4) is 0 Å². The van der Waals surface area contributed by atoms with Gasteiger partial charge in [-0.2, -0.15) is 11.8 Å². The van der Waals surface area contributed by atoms with Crippen molar-refractivity contribution in [1.29, 1.82) is 0 Å². The third kappa shape index (κ3) is 3.76. The van der Waals surface area contributed by atoms with Gasteiger partial charge in [-0.1, -0.05) is 15.9 Å². The van der Waals surface area contributed by atoms with Crippen LogP contribution >= 0.6 is 27.7 Å². The van der Waals surface area contributed by atoms with E-state index in [1.807, 2.05) is 12.3 Å². The van der Waals surface area contributed by atoms with Crippen LogP contribution in [0.5, 0.6) is 0 Å². The fourth-order valence-electron chi connectivity index (χ4n) is 1.14. The molecule has 0 aliphatic heterocycles. The smallest absolute Gasteiger partial charge is 0.337 e. The lowest BCUT2D eigenvalue weighted by Gasteiger charge is -2.08. The Bertz CT molecular complexity index is 357. The lowest BCUT2D eigenvalue weighted by Crippen LogP contribution is -2.09. The van der Waals surface area contributed by atoms with Gasteiger partial charge in [-0.25, -0.2) is 4.79 Å². The monoisotopic (exact) mass is 289 g/mol. The molecule has 0 fully saturated rings. The first-order valence-corrected chi connectivity index (χ1v) is 6.59. The summed E-state index contributed by atoms with van der Waals surface area (Å²) in [6.07, 6.45) is 2.02. The molecule has 0 bridgehead atoms. The molecule has 1 aromatic rings. The van der Waals surface area contributed by atoms with Crippen LogP contribution < -0.4 is 5.32 Å². The van der Waals surface area contributed by atoms with Crippen LogP contribution in [0, 0.1) is 0 Å². The minimum atomic E-state index is -0.914. The van der Waals surface area contributed by atoms with Gasteiger partial charge >= 0.3 is 5.97 Å². The largest absolute Gasteiger partial charge is 0.478 e. The molecular weight excluding hydrogens is 278 g/mol. The number of rotatable bonds is 5. The Morgan fingerprint density at radius 2 is 2.33 bits per heavy atom. The molecule has 0 atom stereocenters. The number of aromatic carboxylic acids is 1. The van der Waals surface area contributed by atoms with E-state index in [1.54, 1.807) is 23.9 Å². The van der Waals surface area contributed by atoms with Gasteiger partial charge in [-0.05, 0) is 24.5 Å². The summed E-state index contributed by atoms with van der Waals surface area (Å²) < 4.78 is 0.773. The van der Waals surface area contributed by atoms with Crippen molar-refractivity contribution in [2.45, 2.75) is 0 Å².